The van der Waals surface area contributed by atoms with Crippen molar-refractivity contribution in [2.75, 3.05) is 12.4 Å². The molecule has 3 rings (SSSR count). The summed E-state index contributed by atoms with van der Waals surface area (Å²) in [5, 5.41) is 8.22. The summed E-state index contributed by atoms with van der Waals surface area (Å²) in [6.07, 6.45) is 0. The summed E-state index contributed by atoms with van der Waals surface area (Å²) in [4.78, 5) is 22.5. The minimum Gasteiger partial charge on any atom is -0.480 e. The van der Waals surface area contributed by atoms with Crippen molar-refractivity contribution in [2.24, 2.45) is 5.73 Å². The van der Waals surface area contributed by atoms with Crippen molar-refractivity contribution in [2.45, 2.75) is 12.0 Å². The molecule has 124 valence electrons. The number of carboxylic acids is 1. The molecule has 2 aromatic carbocycles. The van der Waals surface area contributed by atoms with Crippen LogP contribution in [-0.2, 0) is 9.53 Å². The Hall–Kier alpha value is -2.31. The standard InChI is InChI=1S/C18H17NO4S/c19-16(17(20)21)10-24-18(22)23-9-15-13-7-3-1-5-11(13)12-6-2-4-8-14(12)15/h1-8,15-16H,9-10,19H2,(H,20,21)/t16-/m0/s1. The summed E-state index contributed by atoms with van der Waals surface area (Å²) >= 11 is 0.792. The molecule has 0 fully saturated rings. The summed E-state index contributed by atoms with van der Waals surface area (Å²) in [6, 6.07) is 15.1. The molecule has 1 atom stereocenters. The van der Waals surface area contributed by atoms with E-state index >= 15 is 0 Å². The van der Waals surface area contributed by atoms with Gasteiger partial charge in [-0.3, -0.25) is 4.79 Å². The molecule has 2 aromatic rings. The lowest BCUT2D eigenvalue weighted by Gasteiger charge is -2.14. The number of fused-ring (bicyclic) bond motifs is 3. The number of carbonyl (C=O) groups excluding carboxylic acids is 1. The number of benzene rings is 2. The van der Waals surface area contributed by atoms with E-state index in [1.807, 2.05) is 36.4 Å². The van der Waals surface area contributed by atoms with E-state index in [0.717, 1.165) is 34.0 Å². The van der Waals surface area contributed by atoms with Gasteiger partial charge < -0.3 is 15.6 Å². The molecule has 0 spiro atoms. The number of nitrogens with two attached hydrogens (primary N) is 1. The monoisotopic (exact) mass is 343 g/mol. The van der Waals surface area contributed by atoms with E-state index in [4.69, 9.17) is 15.6 Å². The van der Waals surface area contributed by atoms with Crippen LogP contribution in [0, 0.1) is 0 Å². The molecule has 0 aromatic heterocycles. The normalized spacial score (nSPS) is 13.9. The Labute approximate surface area is 143 Å². The molecule has 0 saturated carbocycles. The van der Waals surface area contributed by atoms with E-state index < -0.39 is 17.3 Å². The number of aliphatic carboxylic acids is 1. The van der Waals surface area contributed by atoms with Crippen LogP contribution in [0.25, 0.3) is 11.1 Å². The summed E-state index contributed by atoms with van der Waals surface area (Å²) in [5.74, 6) is -1.14. The van der Waals surface area contributed by atoms with Crippen molar-refractivity contribution >= 4 is 23.0 Å². The third kappa shape index (κ3) is 3.29. The number of hydrogen-bond acceptors (Lipinski definition) is 5. The number of hydrogen-bond donors (Lipinski definition) is 2. The quantitative estimate of drug-likeness (QED) is 0.811. The highest BCUT2D eigenvalue weighted by Crippen LogP contribution is 2.44. The lowest BCUT2D eigenvalue weighted by molar-refractivity contribution is -0.137. The molecule has 0 amide bonds. The number of ether oxygens (including phenoxy) is 1. The zero-order valence-electron chi connectivity index (χ0n) is 12.8. The molecule has 6 heteroatoms. The summed E-state index contributed by atoms with van der Waals surface area (Å²) in [6.45, 7) is 0.224. The van der Waals surface area contributed by atoms with Gasteiger partial charge in [0.25, 0.3) is 0 Å². The Morgan fingerprint density at radius 2 is 1.62 bits per heavy atom. The first-order valence-corrected chi connectivity index (χ1v) is 8.52. The van der Waals surface area contributed by atoms with Gasteiger partial charge in [0, 0.05) is 11.7 Å². The first-order valence-electron chi connectivity index (χ1n) is 7.54. The van der Waals surface area contributed by atoms with Crippen LogP contribution < -0.4 is 5.73 Å². The molecule has 3 N–H and O–H groups in total. The topological polar surface area (TPSA) is 89.6 Å². The van der Waals surface area contributed by atoms with Gasteiger partial charge in [-0.05, 0) is 34.0 Å². The van der Waals surface area contributed by atoms with Gasteiger partial charge in [0.05, 0.1) is 0 Å². The highest BCUT2D eigenvalue weighted by Gasteiger charge is 2.29. The largest absolute Gasteiger partial charge is 0.480 e. The number of carbonyl (C=O) groups is 2. The Balaban J connectivity index is 1.67. The molecule has 0 unspecified atom stereocenters. The Morgan fingerprint density at radius 1 is 1.08 bits per heavy atom. The maximum absolute atomic E-state index is 11.8. The Morgan fingerprint density at radius 3 is 2.17 bits per heavy atom. The predicted molar refractivity (Wildman–Crippen MR) is 93.1 cm³/mol. The summed E-state index contributed by atoms with van der Waals surface area (Å²) in [7, 11) is 0. The fourth-order valence-corrected chi connectivity index (χ4v) is 3.47. The van der Waals surface area contributed by atoms with Crippen molar-refractivity contribution in [1.82, 2.24) is 0 Å². The molecule has 5 nitrogen and oxygen atoms in total. The van der Waals surface area contributed by atoms with Crippen LogP contribution >= 0.6 is 11.8 Å². The zero-order valence-corrected chi connectivity index (χ0v) is 13.7. The second-order valence-electron chi connectivity index (χ2n) is 5.54. The number of carboxylic acid groups (broad SMARTS) is 1. The molecular weight excluding hydrogens is 326 g/mol. The van der Waals surface area contributed by atoms with E-state index in [0.29, 0.717) is 0 Å². The third-order valence-corrected chi connectivity index (χ3v) is 4.91. The fourth-order valence-electron chi connectivity index (χ4n) is 2.86. The summed E-state index contributed by atoms with van der Waals surface area (Å²) < 4.78 is 5.35. The predicted octanol–water partition coefficient (Wildman–Crippen LogP) is 3.08. The lowest BCUT2D eigenvalue weighted by atomic mass is 9.98. The minimum absolute atomic E-state index is 0.00454. The van der Waals surface area contributed by atoms with Gasteiger partial charge >= 0.3 is 11.3 Å². The first kappa shape index (κ1) is 16.5. The maximum atomic E-state index is 11.8. The SMILES string of the molecule is N[C@@H](CSC(=O)OCC1c2ccccc2-c2ccccc21)C(=O)O. The van der Waals surface area contributed by atoms with Gasteiger partial charge in [-0.25, -0.2) is 4.79 Å². The van der Waals surface area contributed by atoms with Crippen molar-refractivity contribution in [3.8, 4) is 11.1 Å². The first-order chi connectivity index (χ1) is 11.6. The average Bonchev–Trinajstić information content (AvgIpc) is 2.92. The van der Waals surface area contributed by atoms with Crippen LogP contribution in [0.15, 0.2) is 48.5 Å². The summed E-state index contributed by atoms with van der Waals surface area (Å²) in [5.41, 5.74) is 9.98. The van der Waals surface area contributed by atoms with Crippen LogP contribution in [0.3, 0.4) is 0 Å². The lowest BCUT2D eigenvalue weighted by Crippen LogP contribution is -2.33. The molecule has 0 heterocycles. The van der Waals surface area contributed by atoms with Crippen LogP contribution in [0.5, 0.6) is 0 Å². The van der Waals surface area contributed by atoms with Crippen LogP contribution in [0.2, 0.25) is 0 Å². The minimum atomic E-state index is -1.13. The molecule has 24 heavy (non-hydrogen) atoms. The molecule has 0 bridgehead atoms. The molecule has 0 aliphatic heterocycles. The van der Waals surface area contributed by atoms with E-state index in [1.165, 1.54) is 0 Å². The molecular formula is C18H17NO4S. The molecule has 1 aliphatic rings. The maximum Gasteiger partial charge on any atom is 0.367 e. The molecule has 0 saturated heterocycles. The van der Waals surface area contributed by atoms with E-state index in [2.05, 4.69) is 12.1 Å². The van der Waals surface area contributed by atoms with Gasteiger partial charge in [-0.1, -0.05) is 48.5 Å². The zero-order chi connectivity index (χ0) is 17.1. The van der Waals surface area contributed by atoms with Crippen molar-refractivity contribution in [3.05, 3.63) is 59.7 Å². The van der Waals surface area contributed by atoms with Crippen LogP contribution in [0.1, 0.15) is 17.0 Å². The average molecular weight is 343 g/mol. The Kier molecular flexibility index (Phi) is 4.87. The Bertz CT molecular complexity index is 732. The van der Waals surface area contributed by atoms with E-state index in [9.17, 15) is 9.59 Å². The number of rotatable bonds is 5. The van der Waals surface area contributed by atoms with Crippen LogP contribution in [-0.4, -0.2) is 34.8 Å². The van der Waals surface area contributed by atoms with Gasteiger partial charge in [0.2, 0.25) is 0 Å². The fraction of sp³-hybridized carbons (Fsp3) is 0.222. The number of thioether (sulfide) groups is 1. The highest BCUT2D eigenvalue weighted by molar-refractivity contribution is 8.13. The van der Waals surface area contributed by atoms with Crippen molar-refractivity contribution < 1.29 is 19.4 Å². The van der Waals surface area contributed by atoms with Gasteiger partial charge in [0.1, 0.15) is 12.6 Å². The van der Waals surface area contributed by atoms with Gasteiger partial charge in [-0.2, -0.15) is 0 Å². The van der Waals surface area contributed by atoms with Crippen LogP contribution in [0.4, 0.5) is 4.79 Å². The smallest absolute Gasteiger partial charge is 0.367 e. The molecule has 0 radical (unpaired) electrons. The van der Waals surface area contributed by atoms with Crippen molar-refractivity contribution in [1.29, 1.82) is 0 Å². The van der Waals surface area contributed by atoms with E-state index in [-0.39, 0.29) is 18.3 Å². The van der Waals surface area contributed by atoms with Gasteiger partial charge in [0.15, 0.2) is 0 Å². The van der Waals surface area contributed by atoms with Gasteiger partial charge in [-0.15, -0.1) is 0 Å². The molecule has 1 aliphatic carbocycles. The highest BCUT2D eigenvalue weighted by atomic mass is 32.2. The van der Waals surface area contributed by atoms with E-state index in [1.54, 1.807) is 0 Å². The van der Waals surface area contributed by atoms with Crippen molar-refractivity contribution in [3.63, 3.8) is 0 Å². The second kappa shape index (κ2) is 7.07. The second-order valence-corrected chi connectivity index (χ2v) is 6.50. The third-order valence-electron chi connectivity index (χ3n) is 4.03.